The maximum Gasteiger partial charge on any atom is 0.118 e. The Labute approximate surface area is 66.1 Å². The van der Waals surface area contributed by atoms with Crippen molar-refractivity contribution in [3.63, 3.8) is 0 Å². The number of hydrogen-bond acceptors (Lipinski definition) is 2. The van der Waals surface area contributed by atoms with Crippen molar-refractivity contribution in [2.24, 2.45) is 0 Å². The monoisotopic (exact) mass is 152 g/mol. The van der Waals surface area contributed by atoms with Gasteiger partial charge in [0.15, 0.2) is 0 Å². The van der Waals surface area contributed by atoms with E-state index in [9.17, 15) is 5.11 Å². The van der Waals surface area contributed by atoms with Crippen LogP contribution >= 0.6 is 0 Å². The highest BCUT2D eigenvalue weighted by Crippen LogP contribution is 2.19. The summed E-state index contributed by atoms with van der Waals surface area (Å²) in [7, 11) is 0. The molecule has 0 saturated heterocycles. The van der Waals surface area contributed by atoms with Gasteiger partial charge in [0.25, 0.3) is 0 Å². The summed E-state index contributed by atoms with van der Waals surface area (Å²) in [6.07, 6.45) is 0.611. The fourth-order valence-corrected chi connectivity index (χ4v) is 1.06. The zero-order valence-corrected chi connectivity index (χ0v) is 6.54. The SMILES string of the molecule is Cc1c(O)cccc1CCO. The highest BCUT2D eigenvalue weighted by molar-refractivity contribution is 5.37. The fraction of sp³-hybridized carbons (Fsp3) is 0.333. The van der Waals surface area contributed by atoms with Gasteiger partial charge in [-0.1, -0.05) is 12.1 Å². The highest BCUT2D eigenvalue weighted by Gasteiger charge is 2.00. The lowest BCUT2D eigenvalue weighted by molar-refractivity contribution is 0.299. The van der Waals surface area contributed by atoms with E-state index in [2.05, 4.69) is 0 Å². The van der Waals surface area contributed by atoms with E-state index >= 15 is 0 Å². The average Bonchev–Trinajstić information content (AvgIpc) is 1.99. The molecule has 0 spiro atoms. The molecule has 0 unspecified atom stereocenters. The molecule has 0 aromatic heterocycles. The third-order valence-corrected chi connectivity index (χ3v) is 1.80. The van der Waals surface area contributed by atoms with Gasteiger partial charge in [-0.3, -0.25) is 0 Å². The maximum atomic E-state index is 9.25. The zero-order valence-electron chi connectivity index (χ0n) is 6.54. The van der Waals surface area contributed by atoms with Crippen molar-refractivity contribution < 1.29 is 10.2 Å². The number of benzene rings is 1. The molecule has 0 radical (unpaired) electrons. The molecular weight excluding hydrogens is 140 g/mol. The van der Waals surface area contributed by atoms with Crippen LogP contribution in [0.4, 0.5) is 0 Å². The number of phenolic OH excluding ortho intramolecular Hbond substituents is 1. The van der Waals surface area contributed by atoms with Crippen molar-refractivity contribution in [3.8, 4) is 5.75 Å². The van der Waals surface area contributed by atoms with Gasteiger partial charge in [-0.25, -0.2) is 0 Å². The Morgan fingerprint density at radius 1 is 1.36 bits per heavy atom. The first kappa shape index (κ1) is 8.08. The van der Waals surface area contributed by atoms with Crippen molar-refractivity contribution >= 4 is 0 Å². The standard InChI is InChI=1S/C9H12O2/c1-7-8(5-6-10)3-2-4-9(7)11/h2-4,10-11H,5-6H2,1H3. The van der Waals surface area contributed by atoms with Crippen LogP contribution in [0.3, 0.4) is 0 Å². The van der Waals surface area contributed by atoms with Crippen LogP contribution in [-0.4, -0.2) is 16.8 Å². The molecule has 0 bridgehead atoms. The number of aliphatic hydroxyl groups excluding tert-OH is 1. The van der Waals surface area contributed by atoms with Crippen LogP contribution in [-0.2, 0) is 6.42 Å². The van der Waals surface area contributed by atoms with Gasteiger partial charge in [0.05, 0.1) is 0 Å². The normalized spacial score (nSPS) is 10.0. The molecule has 0 aliphatic rings. The van der Waals surface area contributed by atoms with Gasteiger partial charge in [0, 0.05) is 6.61 Å². The second-order valence-electron chi connectivity index (χ2n) is 2.53. The number of aliphatic hydroxyl groups is 1. The summed E-state index contributed by atoms with van der Waals surface area (Å²) in [5.41, 5.74) is 1.87. The lowest BCUT2D eigenvalue weighted by Gasteiger charge is -2.04. The van der Waals surface area contributed by atoms with E-state index in [0.717, 1.165) is 11.1 Å². The van der Waals surface area contributed by atoms with E-state index < -0.39 is 0 Å². The Morgan fingerprint density at radius 2 is 2.09 bits per heavy atom. The van der Waals surface area contributed by atoms with Crippen LogP contribution in [0.2, 0.25) is 0 Å². The van der Waals surface area contributed by atoms with Gasteiger partial charge in [-0.05, 0) is 30.5 Å². The maximum absolute atomic E-state index is 9.25. The molecule has 0 heterocycles. The van der Waals surface area contributed by atoms with Crippen LogP contribution < -0.4 is 0 Å². The minimum atomic E-state index is 0.129. The Balaban J connectivity index is 2.96. The predicted molar refractivity (Wildman–Crippen MR) is 43.6 cm³/mol. The Kier molecular flexibility index (Phi) is 2.49. The molecule has 60 valence electrons. The molecule has 1 aromatic carbocycles. The topological polar surface area (TPSA) is 40.5 Å². The number of aromatic hydroxyl groups is 1. The van der Waals surface area contributed by atoms with E-state index in [-0.39, 0.29) is 6.61 Å². The minimum absolute atomic E-state index is 0.129. The molecule has 0 atom stereocenters. The van der Waals surface area contributed by atoms with Gasteiger partial charge >= 0.3 is 0 Å². The summed E-state index contributed by atoms with van der Waals surface area (Å²) < 4.78 is 0. The molecule has 0 aliphatic heterocycles. The second kappa shape index (κ2) is 3.39. The predicted octanol–water partition coefficient (Wildman–Crippen LogP) is 1.24. The van der Waals surface area contributed by atoms with Crippen LogP contribution in [0.5, 0.6) is 5.75 Å². The summed E-state index contributed by atoms with van der Waals surface area (Å²) in [6, 6.07) is 5.34. The van der Waals surface area contributed by atoms with Crippen molar-refractivity contribution in [1.82, 2.24) is 0 Å². The van der Waals surface area contributed by atoms with Crippen LogP contribution in [0, 0.1) is 6.92 Å². The molecule has 0 amide bonds. The van der Waals surface area contributed by atoms with Gasteiger partial charge in [0.1, 0.15) is 5.75 Å². The largest absolute Gasteiger partial charge is 0.508 e. The Bertz CT molecular complexity index is 243. The molecule has 1 rings (SSSR count). The first-order valence-corrected chi connectivity index (χ1v) is 3.64. The molecular formula is C9H12O2. The molecule has 0 fully saturated rings. The number of rotatable bonds is 2. The van der Waals surface area contributed by atoms with E-state index in [4.69, 9.17) is 5.11 Å². The summed E-state index contributed by atoms with van der Waals surface area (Å²) in [5, 5.41) is 17.9. The fourth-order valence-electron chi connectivity index (χ4n) is 1.06. The van der Waals surface area contributed by atoms with Crippen LogP contribution in [0.15, 0.2) is 18.2 Å². The van der Waals surface area contributed by atoms with Gasteiger partial charge in [0.2, 0.25) is 0 Å². The Morgan fingerprint density at radius 3 is 2.73 bits per heavy atom. The molecule has 0 saturated carbocycles. The molecule has 2 N–H and O–H groups in total. The minimum Gasteiger partial charge on any atom is -0.508 e. The van der Waals surface area contributed by atoms with E-state index in [1.807, 2.05) is 13.0 Å². The molecule has 0 aliphatic carbocycles. The molecule has 2 heteroatoms. The number of phenols is 1. The Hall–Kier alpha value is -1.02. The van der Waals surface area contributed by atoms with Crippen LogP contribution in [0.1, 0.15) is 11.1 Å². The summed E-state index contributed by atoms with van der Waals surface area (Å²) >= 11 is 0. The third-order valence-electron chi connectivity index (χ3n) is 1.80. The van der Waals surface area contributed by atoms with E-state index in [1.165, 1.54) is 0 Å². The third kappa shape index (κ3) is 1.71. The van der Waals surface area contributed by atoms with Crippen molar-refractivity contribution in [2.45, 2.75) is 13.3 Å². The average molecular weight is 152 g/mol. The number of hydrogen-bond donors (Lipinski definition) is 2. The first-order valence-electron chi connectivity index (χ1n) is 3.64. The van der Waals surface area contributed by atoms with Gasteiger partial charge in [-0.15, -0.1) is 0 Å². The molecule has 11 heavy (non-hydrogen) atoms. The van der Waals surface area contributed by atoms with E-state index in [1.54, 1.807) is 12.1 Å². The lowest BCUT2D eigenvalue weighted by atomic mass is 10.1. The second-order valence-corrected chi connectivity index (χ2v) is 2.53. The van der Waals surface area contributed by atoms with Gasteiger partial charge < -0.3 is 10.2 Å². The smallest absolute Gasteiger partial charge is 0.118 e. The highest BCUT2D eigenvalue weighted by atomic mass is 16.3. The van der Waals surface area contributed by atoms with Crippen molar-refractivity contribution in [3.05, 3.63) is 29.3 Å². The van der Waals surface area contributed by atoms with E-state index in [0.29, 0.717) is 12.2 Å². The van der Waals surface area contributed by atoms with Crippen molar-refractivity contribution in [1.29, 1.82) is 0 Å². The molecule has 1 aromatic rings. The van der Waals surface area contributed by atoms with Gasteiger partial charge in [-0.2, -0.15) is 0 Å². The van der Waals surface area contributed by atoms with Crippen LogP contribution in [0.25, 0.3) is 0 Å². The summed E-state index contributed by atoms with van der Waals surface area (Å²) in [5.74, 6) is 0.302. The summed E-state index contributed by atoms with van der Waals surface area (Å²) in [6.45, 7) is 1.98. The lowest BCUT2D eigenvalue weighted by Crippen LogP contribution is -1.93. The quantitative estimate of drug-likeness (QED) is 0.669. The van der Waals surface area contributed by atoms with Crippen molar-refractivity contribution in [2.75, 3.05) is 6.61 Å². The zero-order chi connectivity index (χ0) is 8.27. The molecule has 2 nitrogen and oxygen atoms in total. The summed E-state index contributed by atoms with van der Waals surface area (Å²) in [4.78, 5) is 0. The first-order chi connectivity index (χ1) is 5.25.